The molecule has 0 spiro atoms. The zero-order chi connectivity index (χ0) is 12.0. The number of carbonyl (C=O) groups is 1. The van der Waals surface area contributed by atoms with E-state index in [4.69, 9.17) is 5.73 Å². The molecule has 0 heterocycles. The first kappa shape index (κ1) is 13.5. The van der Waals surface area contributed by atoms with Gasteiger partial charge < -0.3 is 10.6 Å². The molecule has 0 aromatic rings. The largest absolute Gasteiger partial charge is 0.345 e. The van der Waals surface area contributed by atoms with E-state index >= 15 is 0 Å². The van der Waals surface area contributed by atoms with Crippen molar-refractivity contribution in [2.24, 2.45) is 17.6 Å². The fourth-order valence-electron chi connectivity index (χ4n) is 2.44. The SMILES string of the molecule is CC(CN)CN(C)C(=O)CC1CCCCC1. The Balaban J connectivity index is 2.27. The molecule has 0 saturated heterocycles. The molecule has 3 heteroatoms. The Kier molecular flexibility index (Phi) is 5.81. The third-order valence-corrected chi connectivity index (χ3v) is 3.60. The van der Waals surface area contributed by atoms with E-state index in [1.807, 2.05) is 11.9 Å². The van der Waals surface area contributed by atoms with Crippen molar-refractivity contribution in [2.45, 2.75) is 45.4 Å². The Labute approximate surface area is 99.4 Å². The van der Waals surface area contributed by atoms with Crippen LogP contribution in [0.25, 0.3) is 0 Å². The summed E-state index contributed by atoms with van der Waals surface area (Å²) < 4.78 is 0. The summed E-state index contributed by atoms with van der Waals surface area (Å²) in [6.07, 6.45) is 7.19. The lowest BCUT2D eigenvalue weighted by Crippen LogP contribution is -2.34. The van der Waals surface area contributed by atoms with Gasteiger partial charge in [0.1, 0.15) is 0 Å². The molecule has 0 aromatic heterocycles. The molecule has 0 radical (unpaired) electrons. The van der Waals surface area contributed by atoms with E-state index in [2.05, 4.69) is 6.92 Å². The summed E-state index contributed by atoms with van der Waals surface area (Å²) in [4.78, 5) is 13.8. The number of nitrogens with zero attached hydrogens (tertiary/aromatic N) is 1. The van der Waals surface area contributed by atoms with Crippen LogP contribution in [0.3, 0.4) is 0 Å². The molecule has 0 bridgehead atoms. The maximum absolute atomic E-state index is 11.9. The second kappa shape index (κ2) is 6.89. The van der Waals surface area contributed by atoms with E-state index in [1.54, 1.807) is 0 Å². The lowest BCUT2D eigenvalue weighted by Gasteiger charge is -2.25. The molecule has 16 heavy (non-hydrogen) atoms. The van der Waals surface area contributed by atoms with Crippen LogP contribution in [0.2, 0.25) is 0 Å². The van der Waals surface area contributed by atoms with Crippen LogP contribution in [0.15, 0.2) is 0 Å². The fourth-order valence-corrected chi connectivity index (χ4v) is 2.44. The summed E-state index contributed by atoms with van der Waals surface area (Å²) in [6.45, 7) is 3.54. The van der Waals surface area contributed by atoms with Crippen molar-refractivity contribution in [2.75, 3.05) is 20.1 Å². The summed E-state index contributed by atoms with van der Waals surface area (Å²) in [5.74, 6) is 1.34. The summed E-state index contributed by atoms with van der Waals surface area (Å²) in [6, 6.07) is 0. The number of amides is 1. The third kappa shape index (κ3) is 4.52. The quantitative estimate of drug-likeness (QED) is 0.779. The van der Waals surface area contributed by atoms with Gasteiger partial charge in [0.25, 0.3) is 0 Å². The summed E-state index contributed by atoms with van der Waals surface area (Å²) in [5.41, 5.74) is 5.57. The van der Waals surface area contributed by atoms with Gasteiger partial charge in [0, 0.05) is 20.0 Å². The van der Waals surface area contributed by atoms with Gasteiger partial charge in [-0.2, -0.15) is 0 Å². The van der Waals surface area contributed by atoms with Gasteiger partial charge in [0.05, 0.1) is 0 Å². The van der Waals surface area contributed by atoms with Gasteiger partial charge in [-0.05, 0) is 31.2 Å². The van der Waals surface area contributed by atoms with Crippen LogP contribution >= 0.6 is 0 Å². The standard InChI is InChI=1S/C13H26N2O/c1-11(9-14)10-15(2)13(16)8-12-6-4-3-5-7-12/h11-12H,3-10,14H2,1-2H3. The lowest BCUT2D eigenvalue weighted by atomic mass is 9.86. The normalized spacial score (nSPS) is 19.4. The van der Waals surface area contributed by atoms with Gasteiger partial charge >= 0.3 is 0 Å². The van der Waals surface area contributed by atoms with Crippen molar-refractivity contribution in [1.29, 1.82) is 0 Å². The van der Waals surface area contributed by atoms with Crippen molar-refractivity contribution in [3.8, 4) is 0 Å². The van der Waals surface area contributed by atoms with E-state index in [0.29, 0.717) is 24.3 Å². The smallest absolute Gasteiger partial charge is 0.222 e. The third-order valence-electron chi connectivity index (χ3n) is 3.60. The van der Waals surface area contributed by atoms with Crippen LogP contribution in [-0.4, -0.2) is 30.9 Å². The van der Waals surface area contributed by atoms with Crippen LogP contribution in [0.1, 0.15) is 45.4 Å². The van der Waals surface area contributed by atoms with Crippen molar-refractivity contribution in [3.05, 3.63) is 0 Å². The Morgan fingerprint density at radius 3 is 2.56 bits per heavy atom. The molecule has 3 nitrogen and oxygen atoms in total. The molecule has 1 fully saturated rings. The minimum atomic E-state index is 0.298. The van der Waals surface area contributed by atoms with Gasteiger partial charge in [-0.3, -0.25) is 4.79 Å². The van der Waals surface area contributed by atoms with Crippen molar-refractivity contribution in [3.63, 3.8) is 0 Å². The van der Waals surface area contributed by atoms with Crippen LogP contribution in [0, 0.1) is 11.8 Å². The van der Waals surface area contributed by atoms with Crippen molar-refractivity contribution in [1.82, 2.24) is 4.90 Å². The van der Waals surface area contributed by atoms with E-state index in [0.717, 1.165) is 13.0 Å². The zero-order valence-corrected chi connectivity index (χ0v) is 10.7. The molecule has 1 atom stereocenters. The van der Waals surface area contributed by atoms with Gasteiger partial charge in [0.2, 0.25) is 5.91 Å². The fraction of sp³-hybridized carbons (Fsp3) is 0.923. The molecule has 1 unspecified atom stereocenters. The highest BCUT2D eigenvalue weighted by molar-refractivity contribution is 5.76. The first-order chi connectivity index (χ1) is 7.63. The molecule has 0 aliphatic heterocycles. The summed E-state index contributed by atoms with van der Waals surface area (Å²) >= 11 is 0. The Bertz CT molecular complexity index is 212. The first-order valence-electron chi connectivity index (χ1n) is 6.57. The van der Waals surface area contributed by atoms with E-state index in [9.17, 15) is 4.79 Å². The van der Waals surface area contributed by atoms with Crippen LogP contribution < -0.4 is 5.73 Å². The van der Waals surface area contributed by atoms with E-state index in [1.165, 1.54) is 32.1 Å². The van der Waals surface area contributed by atoms with E-state index in [-0.39, 0.29) is 0 Å². The molecular weight excluding hydrogens is 200 g/mol. The number of rotatable bonds is 5. The minimum absolute atomic E-state index is 0.298. The van der Waals surface area contributed by atoms with Gasteiger partial charge in [-0.1, -0.05) is 26.2 Å². The highest BCUT2D eigenvalue weighted by Gasteiger charge is 2.19. The molecule has 0 aromatic carbocycles. The van der Waals surface area contributed by atoms with Crippen LogP contribution in [0.4, 0.5) is 0 Å². The number of carbonyl (C=O) groups excluding carboxylic acids is 1. The first-order valence-corrected chi connectivity index (χ1v) is 6.57. The monoisotopic (exact) mass is 226 g/mol. The van der Waals surface area contributed by atoms with Crippen molar-refractivity contribution < 1.29 is 4.79 Å². The predicted molar refractivity (Wildman–Crippen MR) is 67.0 cm³/mol. The summed E-state index contributed by atoms with van der Waals surface area (Å²) in [5, 5.41) is 0. The average Bonchev–Trinajstić information content (AvgIpc) is 2.30. The molecule has 94 valence electrons. The number of hydrogen-bond donors (Lipinski definition) is 1. The minimum Gasteiger partial charge on any atom is -0.345 e. The topological polar surface area (TPSA) is 46.3 Å². The summed E-state index contributed by atoms with van der Waals surface area (Å²) in [7, 11) is 1.90. The predicted octanol–water partition coefficient (Wildman–Crippen LogP) is 2.01. The molecule has 2 N–H and O–H groups in total. The average molecular weight is 226 g/mol. The Hall–Kier alpha value is -0.570. The molecular formula is C13H26N2O. The number of hydrogen-bond acceptors (Lipinski definition) is 2. The Morgan fingerprint density at radius 2 is 2.00 bits per heavy atom. The molecule has 1 saturated carbocycles. The zero-order valence-electron chi connectivity index (χ0n) is 10.7. The maximum Gasteiger partial charge on any atom is 0.222 e. The van der Waals surface area contributed by atoms with Crippen LogP contribution in [-0.2, 0) is 4.79 Å². The number of nitrogens with two attached hydrogens (primary N) is 1. The maximum atomic E-state index is 11.9. The molecule has 1 aliphatic carbocycles. The van der Waals surface area contributed by atoms with Gasteiger partial charge in [0.15, 0.2) is 0 Å². The molecule has 1 aliphatic rings. The lowest BCUT2D eigenvalue weighted by molar-refractivity contribution is -0.131. The second-order valence-corrected chi connectivity index (χ2v) is 5.32. The molecule has 1 amide bonds. The highest BCUT2D eigenvalue weighted by atomic mass is 16.2. The van der Waals surface area contributed by atoms with Gasteiger partial charge in [-0.25, -0.2) is 0 Å². The second-order valence-electron chi connectivity index (χ2n) is 5.32. The van der Waals surface area contributed by atoms with Crippen LogP contribution in [0.5, 0.6) is 0 Å². The van der Waals surface area contributed by atoms with Crippen molar-refractivity contribution >= 4 is 5.91 Å². The van der Waals surface area contributed by atoms with Gasteiger partial charge in [-0.15, -0.1) is 0 Å². The molecule has 1 rings (SSSR count). The Morgan fingerprint density at radius 1 is 1.38 bits per heavy atom. The highest BCUT2D eigenvalue weighted by Crippen LogP contribution is 2.26. The van der Waals surface area contributed by atoms with E-state index < -0.39 is 0 Å².